The molecule has 2 N–H and O–H groups in total. The van der Waals surface area contributed by atoms with Crippen molar-refractivity contribution in [2.45, 2.75) is 50.0 Å². The summed E-state index contributed by atoms with van der Waals surface area (Å²) in [5, 5.41) is 5.06. The summed E-state index contributed by atoms with van der Waals surface area (Å²) >= 11 is 0. The van der Waals surface area contributed by atoms with E-state index in [1.54, 1.807) is 48.5 Å². The molecular weight excluding hydrogens is 517 g/mol. The van der Waals surface area contributed by atoms with Gasteiger partial charge in [0.1, 0.15) is 12.6 Å². The van der Waals surface area contributed by atoms with E-state index in [1.165, 1.54) is 7.05 Å². The van der Waals surface area contributed by atoms with Crippen molar-refractivity contribution in [1.82, 2.24) is 15.1 Å². The van der Waals surface area contributed by atoms with Crippen molar-refractivity contribution in [1.29, 1.82) is 0 Å². The number of fused-ring (bicyclic) bond motifs is 2. The van der Waals surface area contributed by atoms with Crippen LogP contribution < -0.4 is 10.6 Å². The van der Waals surface area contributed by atoms with E-state index in [2.05, 4.69) is 10.6 Å². The lowest BCUT2D eigenvalue weighted by Gasteiger charge is -2.34. The summed E-state index contributed by atoms with van der Waals surface area (Å²) in [6.45, 7) is -1.18. The molecule has 0 radical (unpaired) electrons. The molecule has 1 heterocycles. The molecule has 1 aliphatic heterocycles. The van der Waals surface area contributed by atoms with Crippen LogP contribution in [0.3, 0.4) is 0 Å². The third-order valence-electron chi connectivity index (χ3n) is 7.39. The van der Waals surface area contributed by atoms with Gasteiger partial charge in [-0.15, -0.1) is 0 Å². The van der Waals surface area contributed by atoms with Crippen LogP contribution >= 0.6 is 0 Å². The van der Waals surface area contributed by atoms with E-state index in [0.29, 0.717) is 46.5 Å². The van der Waals surface area contributed by atoms with Gasteiger partial charge in [-0.25, -0.2) is 14.5 Å². The van der Waals surface area contributed by atoms with Gasteiger partial charge in [-0.3, -0.25) is 9.59 Å². The second-order valence-corrected chi connectivity index (χ2v) is 9.99. The fraction of sp³-hybridized carbons (Fsp3) is 0.407. The quantitative estimate of drug-likeness (QED) is 0.549. The van der Waals surface area contributed by atoms with E-state index in [-0.39, 0.29) is 13.0 Å². The second-order valence-electron chi connectivity index (χ2n) is 9.99. The van der Waals surface area contributed by atoms with Gasteiger partial charge in [0.15, 0.2) is 0 Å². The lowest BCUT2D eigenvalue weighted by molar-refractivity contribution is -0.196. The first kappa shape index (κ1) is 26.5. The van der Waals surface area contributed by atoms with Crippen molar-refractivity contribution in [2.75, 3.05) is 18.9 Å². The van der Waals surface area contributed by atoms with Crippen molar-refractivity contribution in [3.63, 3.8) is 0 Å². The number of alkyl halides is 3. The van der Waals surface area contributed by atoms with E-state index in [0.717, 1.165) is 4.90 Å². The smallest absolute Gasteiger partial charge is 0.418 e. The zero-order chi connectivity index (χ0) is 27.9. The molecule has 12 heteroatoms. The minimum Gasteiger partial charge on any atom is -0.427 e. The SMILES string of the molecule is CNC(=O)Nc1ccc2c(c1)CCC21OC(=O)N(CC(=O)N(Cc2ccccc2)[C@H](C2CC2)C(F)(F)F)C1=O. The number of ether oxygens (including phenoxy) is 1. The molecule has 3 aliphatic rings. The maximum absolute atomic E-state index is 14.1. The summed E-state index contributed by atoms with van der Waals surface area (Å²) in [7, 11) is 1.47. The summed E-state index contributed by atoms with van der Waals surface area (Å²) in [6, 6.07) is 10.6. The normalized spacial score (nSPS) is 21.0. The fourth-order valence-electron chi connectivity index (χ4n) is 5.38. The predicted molar refractivity (Wildman–Crippen MR) is 132 cm³/mol. The number of halogens is 3. The van der Waals surface area contributed by atoms with Crippen molar-refractivity contribution in [3.05, 3.63) is 65.2 Å². The van der Waals surface area contributed by atoms with Crippen LogP contribution in [0.2, 0.25) is 0 Å². The number of carbonyl (C=O) groups excluding carboxylic acids is 4. The first-order valence-corrected chi connectivity index (χ1v) is 12.6. The number of imide groups is 1. The van der Waals surface area contributed by atoms with Crippen LogP contribution in [-0.4, -0.2) is 59.5 Å². The van der Waals surface area contributed by atoms with E-state index in [1.807, 2.05) is 0 Å². The number of anilines is 1. The molecule has 2 aliphatic carbocycles. The third kappa shape index (κ3) is 5.02. The molecule has 2 aromatic rings. The highest BCUT2D eigenvalue weighted by Crippen LogP contribution is 2.47. The molecule has 1 saturated carbocycles. The van der Waals surface area contributed by atoms with Crippen molar-refractivity contribution >= 4 is 29.6 Å². The topological polar surface area (TPSA) is 108 Å². The van der Waals surface area contributed by atoms with Gasteiger partial charge in [0.25, 0.3) is 5.91 Å². The second kappa shape index (κ2) is 9.90. The Balaban J connectivity index is 1.39. The maximum atomic E-state index is 14.1. The van der Waals surface area contributed by atoms with Crippen molar-refractivity contribution < 1.29 is 37.1 Å². The van der Waals surface area contributed by atoms with Crippen LogP contribution in [0, 0.1) is 5.92 Å². The summed E-state index contributed by atoms with van der Waals surface area (Å²) < 4.78 is 47.9. The molecule has 2 atom stereocenters. The molecule has 1 spiro atoms. The Hall–Kier alpha value is -4.09. The van der Waals surface area contributed by atoms with E-state index in [9.17, 15) is 32.3 Å². The van der Waals surface area contributed by atoms with Crippen molar-refractivity contribution in [3.8, 4) is 0 Å². The van der Waals surface area contributed by atoms with Crippen LogP contribution in [0.25, 0.3) is 0 Å². The standard InChI is InChI=1S/C27H27F3N4O5/c1-31-24(37)32-19-9-10-20-18(13-19)11-12-26(20)23(36)34(25(38)39-26)15-21(35)33(14-16-5-3-2-4-6-16)22(17-7-8-17)27(28,29)30/h2-6,9-10,13,17,22H,7-8,11-12,14-15H2,1H3,(H2,31,32,37)/t22-,26?/m1/s1. The molecule has 5 amide bonds. The van der Waals surface area contributed by atoms with Gasteiger partial charge < -0.3 is 20.3 Å². The number of hydrogen-bond donors (Lipinski definition) is 2. The molecule has 1 unspecified atom stereocenters. The lowest BCUT2D eigenvalue weighted by Crippen LogP contribution is -2.53. The zero-order valence-electron chi connectivity index (χ0n) is 21.1. The summed E-state index contributed by atoms with van der Waals surface area (Å²) in [6.07, 6.45) is -4.61. The highest BCUT2D eigenvalue weighted by Gasteiger charge is 2.59. The van der Waals surface area contributed by atoms with Crippen LogP contribution in [0.4, 0.5) is 28.4 Å². The number of urea groups is 1. The van der Waals surface area contributed by atoms with E-state index < -0.39 is 54.2 Å². The number of nitrogens with zero attached hydrogens (tertiary/aromatic N) is 2. The summed E-state index contributed by atoms with van der Waals surface area (Å²) in [5.74, 6) is -2.51. The Morgan fingerprint density at radius 3 is 2.51 bits per heavy atom. The lowest BCUT2D eigenvalue weighted by atomic mass is 9.94. The molecule has 0 bridgehead atoms. The number of nitrogens with one attached hydrogen (secondary N) is 2. The molecule has 2 aromatic carbocycles. The van der Waals surface area contributed by atoms with Gasteiger partial charge >= 0.3 is 18.3 Å². The minimum absolute atomic E-state index is 0.113. The molecular formula is C27H27F3N4O5. The number of carbonyl (C=O) groups is 4. The van der Waals surface area contributed by atoms with Gasteiger partial charge in [0, 0.05) is 31.3 Å². The molecule has 2 fully saturated rings. The van der Waals surface area contributed by atoms with Crippen LogP contribution in [0.5, 0.6) is 0 Å². The van der Waals surface area contributed by atoms with Crippen LogP contribution in [0.1, 0.15) is 36.0 Å². The Bertz CT molecular complexity index is 1310. The molecule has 1 saturated heterocycles. The first-order chi connectivity index (χ1) is 18.5. The molecule has 206 valence electrons. The number of hydrogen-bond acceptors (Lipinski definition) is 5. The summed E-state index contributed by atoms with van der Waals surface area (Å²) in [4.78, 5) is 52.8. The first-order valence-electron chi connectivity index (χ1n) is 12.6. The Morgan fingerprint density at radius 1 is 1.15 bits per heavy atom. The average Bonchev–Trinajstić information content (AvgIpc) is 3.62. The average molecular weight is 545 g/mol. The number of rotatable bonds is 7. The molecule has 0 aromatic heterocycles. The minimum atomic E-state index is -4.67. The van der Waals surface area contributed by atoms with E-state index >= 15 is 0 Å². The number of amides is 5. The highest BCUT2D eigenvalue weighted by molar-refractivity contribution is 6.06. The van der Waals surface area contributed by atoms with Crippen LogP contribution in [0.15, 0.2) is 48.5 Å². The number of benzene rings is 2. The van der Waals surface area contributed by atoms with Gasteiger partial charge in [-0.1, -0.05) is 36.4 Å². The predicted octanol–water partition coefficient (Wildman–Crippen LogP) is 3.93. The Morgan fingerprint density at radius 2 is 1.87 bits per heavy atom. The van der Waals surface area contributed by atoms with Gasteiger partial charge in [0.05, 0.1) is 0 Å². The molecule has 39 heavy (non-hydrogen) atoms. The van der Waals surface area contributed by atoms with Gasteiger partial charge in [-0.2, -0.15) is 13.2 Å². The molecule has 5 rings (SSSR count). The highest BCUT2D eigenvalue weighted by atomic mass is 19.4. The van der Waals surface area contributed by atoms with E-state index in [4.69, 9.17) is 4.74 Å². The largest absolute Gasteiger partial charge is 0.427 e. The molecule has 9 nitrogen and oxygen atoms in total. The van der Waals surface area contributed by atoms with Gasteiger partial charge in [-0.05, 0) is 48.4 Å². The van der Waals surface area contributed by atoms with Crippen LogP contribution in [-0.2, 0) is 32.9 Å². The Labute approximate surface area is 222 Å². The zero-order valence-corrected chi connectivity index (χ0v) is 21.1. The monoisotopic (exact) mass is 544 g/mol. The van der Waals surface area contributed by atoms with Gasteiger partial charge in [0.2, 0.25) is 11.5 Å². The Kier molecular flexibility index (Phi) is 6.73. The third-order valence-corrected chi connectivity index (χ3v) is 7.39. The summed E-state index contributed by atoms with van der Waals surface area (Å²) in [5.41, 5.74) is 0.408. The van der Waals surface area contributed by atoms with Crippen molar-refractivity contribution in [2.24, 2.45) is 5.92 Å². The maximum Gasteiger partial charge on any atom is 0.418 e. The number of aryl methyl sites for hydroxylation is 1. The fourth-order valence-corrected chi connectivity index (χ4v) is 5.38.